The molecule has 3 rings (SSSR count). The smallest absolute Gasteiger partial charge is 0.329 e. The summed E-state index contributed by atoms with van der Waals surface area (Å²) >= 11 is 0. The van der Waals surface area contributed by atoms with E-state index in [0.717, 1.165) is 16.2 Å². The fourth-order valence-electron chi connectivity index (χ4n) is 2.67. The van der Waals surface area contributed by atoms with Crippen LogP contribution in [0, 0.1) is 5.92 Å². The lowest BCUT2D eigenvalue weighted by atomic mass is 10.1. The van der Waals surface area contributed by atoms with Gasteiger partial charge in [0.05, 0.1) is 25.5 Å². The van der Waals surface area contributed by atoms with Gasteiger partial charge in [0, 0.05) is 6.20 Å². The number of rotatable bonds is 5. The number of ether oxygens (including phenoxy) is 1. The summed E-state index contributed by atoms with van der Waals surface area (Å²) in [6, 6.07) is 6.77. The number of methoxy groups -OCH3 is 1. The van der Waals surface area contributed by atoms with E-state index in [1.807, 2.05) is 38.1 Å². The van der Waals surface area contributed by atoms with Gasteiger partial charge in [0.25, 0.3) is 5.91 Å². The third kappa shape index (κ3) is 2.97. The van der Waals surface area contributed by atoms with E-state index in [2.05, 4.69) is 10.4 Å². The fourth-order valence-corrected chi connectivity index (χ4v) is 2.67. The lowest BCUT2D eigenvalue weighted by molar-refractivity contribution is -0.119. The Labute approximate surface area is 140 Å². The number of anilines is 1. The Kier molecular flexibility index (Phi) is 4.24. The molecule has 0 unspecified atom stereocenters. The summed E-state index contributed by atoms with van der Waals surface area (Å²) in [4.78, 5) is 25.6. The monoisotopic (exact) mass is 328 g/mol. The molecule has 126 valence electrons. The third-order valence-electron chi connectivity index (χ3n) is 4.02. The van der Waals surface area contributed by atoms with Crippen LogP contribution in [-0.4, -0.2) is 34.9 Å². The normalized spacial score (nSPS) is 17.5. The lowest BCUT2D eigenvalue weighted by Crippen LogP contribution is -2.34. The molecule has 1 atom stereocenters. The standard InChI is InChI=1S/C17H20N4O3/c1-11(2)15-16(22)21(17(23)19-15)13-8-18-20(10-13)9-12-4-6-14(24-3)7-5-12/h4-8,10-11,15H,9H2,1-3H3,(H,19,23)/t15-/m0/s1. The van der Waals surface area contributed by atoms with Gasteiger partial charge in [0.15, 0.2) is 0 Å². The molecule has 7 heteroatoms. The van der Waals surface area contributed by atoms with Crippen LogP contribution < -0.4 is 15.0 Å². The van der Waals surface area contributed by atoms with Crippen molar-refractivity contribution in [3.63, 3.8) is 0 Å². The number of imide groups is 1. The molecular formula is C17H20N4O3. The van der Waals surface area contributed by atoms with E-state index < -0.39 is 12.1 Å². The summed E-state index contributed by atoms with van der Waals surface area (Å²) in [6.45, 7) is 4.35. The molecule has 1 aliphatic heterocycles. The highest BCUT2D eigenvalue weighted by molar-refractivity contribution is 6.21. The van der Waals surface area contributed by atoms with Gasteiger partial charge in [-0.05, 0) is 23.6 Å². The van der Waals surface area contributed by atoms with Crippen molar-refractivity contribution in [3.8, 4) is 5.75 Å². The first kappa shape index (κ1) is 16.0. The number of carbonyl (C=O) groups is 2. The highest BCUT2D eigenvalue weighted by Gasteiger charge is 2.41. The number of hydrogen-bond donors (Lipinski definition) is 1. The number of carbonyl (C=O) groups excluding carboxylic acids is 2. The number of benzene rings is 1. The molecular weight excluding hydrogens is 308 g/mol. The Morgan fingerprint density at radius 2 is 1.96 bits per heavy atom. The van der Waals surface area contributed by atoms with E-state index in [4.69, 9.17) is 4.74 Å². The average molecular weight is 328 g/mol. The zero-order chi connectivity index (χ0) is 17.3. The Bertz CT molecular complexity index is 751. The predicted molar refractivity (Wildman–Crippen MR) is 89.0 cm³/mol. The molecule has 1 aromatic heterocycles. The van der Waals surface area contributed by atoms with Gasteiger partial charge in [0.2, 0.25) is 0 Å². The fraction of sp³-hybridized carbons (Fsp3) is 0.353. The number of nitrogens with one attached hydrogen (secondary N) is 1. The second-order valence-electron chi connectivity index (χ2n) is 6.09. The van der Waals surface area contributed by atoms with E-state index in [0.29, 0.717) is 12.2 Å². The van der Waals surface area contributed by atoms with Crippen LogP contribution in [-0.2, 0) is 11.3 Å². The van der Waals surface area contributed by atoms with Crippen LogP contribution in [0.5, 0.6) is 5.75 Å². The zero-order valence-electron chi connectivity index (χ0n) is 13.9. The van der Waals surface area contributed by atoms with Gasteiger partial charge in [-0.3, -0.25) is 9.48 Å². The lowest BCUT2D eigenvalue weighted by Gasteiger charge is -2.12. The maximum Gasteiger partial charge on any atom is 0.329 e. The molecule has 1 fully saturated rings. The van der Waals surface area contributed by atoms with Crippen molar-refractivity contribution in [2.24, 2.45) is 5.92 Å². The van der Waals surface area contributed by atoms with E-state index in [-0.39, 0.29) is 11.8 Å². The van der Waals surface area contributed by atoms with Crippen LogP contribution in [0.2, 0.25) is 0 Å². The van der Waals surface area contributed by atoms with Crippen LogP contribution in [0.15, 0.2) is 36.7 Å². The molecule has 1 saturated heterocycles. The summed E-state index contributed by atoms with van der Waals surface area (Å²) in [7, 11) is 1.62. The first-order chi connectivity index (χ1) is 11.5. The molecule has 1 N–H and O–H groups in total. The van der Waals surface area contributed by atoms with E-state index >= 15 is 0 Å². The van der Waals surface area contributed by atoms with E-state index in [1.54, 1.807) is 18.0 Å². The molecule has 0 aliphatic carbocycles. The number of aromatic nitrogens is 2. The molecule has 0 radical (unpaired) electrons. The Hall–Kier alpha value is -2.83. The van der Waals surface area contributed by atoms with E-state index in [1.165, 1.54) is 6.20 Å². The summed E-state index contributed by atoms with van der Waals surface area (Å²) in [6.07, 6.45) is 3.23. The molecule has 0 saturated carbocycles. The van der Waals surface area contributed by atoms with Gasteiger partial charge in [-0.15, -0.1) is 0 Å². The predicted octanol–water partition coefficient (Wildman–Crippen LogP) is 2.02. The molecule has 24 heavy (non-hydrogen) atoms. The summed E-state index contributed by atoms with van der Waals surface area (Å²) in [5.41, 5.74) is 1.52. The molecule has 0 bridgehead atoms. The van der Waals surface area contributed by atoms with Gasteiger partial charge in [-0.25, -0.2) is 9.69 Å². The summed E-state index contributed by atoms with van der Waals surface area (Å²) in [5, 5.41) is 6.96. The molecule has 2 heterocycles. The molecule has 0 spiro atoms. The minimum absolute atomic E-state index is 0.0424. The van der Waals surface area contributed by atoms with Gasteiger partial charge in [0.1, 0.15) is 11.8 Å². The van der Waals surface area contributed by atoms with Crippen molar-refractivity contribution in [2.75, 3.05) is 12.0 Å². The van der Waals surface area contributed by atoms with Crippen LogP contribution in [0.25, 0.3) is 0 Å². The zero-order valence-corrected chi connectivity index (χ0v) is 13.9. The van der Waals surface area contributed by atoms with Crippen molar-refractivity contribution in [1.82, 2.24) is 15.1 Å². The van der Waals surface area contributed by atoms with Crippen LogP contribution in [0.4, 0.5) is 10.5 Å². The molecule has 1 aromatic carbocycles. The Morgan fingerprint density at radius 1 is 1.25 bits per heavy atom. The number of urea groups is 1. The van der Waals surface area contributed by atoms with Crippen LogP contribution in [0.3, 0.4) is 0 Å². The van der Waals surface area contributed by atoms with Gasteiger partial charge < -0.3 is 10.1 Å². The quantitative estimate of drug-likeness (QED) is 0.852. The SMILES string of the molecule is COc1ccc(Cn2cc(N3C(=O)N[C@@H](C(C)C)C3=O)cn2)cc1. The molecule has 1 aliphatic rings. The van der Waals surface area contributed by atoms with Crippen molar-refractivity contribution in [2.45, 2.75) is 26.4 Å². The minimum Gasteiger partial charge on any atom is -0.497 e. The van der Waals surface area contributed by atoms with Crippen LogP contribution >= 0.6 is 0 Å². The summed E-state index contributed by atoms with van der Waals surface area (Å²) < 4.78 is 6.83. The maximum atomic E-state index is 12.4. The second kappa shape index (κ2) is 6.35. The average Bonchev–Trinajstić information content (AvgIpc) is 3.12. The number of hydrogen-bond acceptors (Lipinski definition) is 4. The maximum absolute atomic E-state index is 12.4. The van der Waals surface area contributed by atoms with Gasteiger partial charge >= 0.3 is 6.03 Å². The second-order valence-corrected chi connectivity index (χ2v) is 6.09. The summed E-state index contributed by atoms with van der Waals surface area (Å²) in [5.74, 6) is 0.596. The van der Waals surface area contributed by atoms with Crippen LogP contribution in [0.1, 0.15) is 19.4 Å². The van der Waals surface area contributed by atoms with Crippen molar-refractivity contribution in [1.29, 1.82) is 0 Å². The first-order valence-electron chi connectivity index (χ1n) is 7.79. The largest absolute Gasteiger partial charge is 0.497 e. The highest BCUT2D eigenvalue weighted by Crippen LogP contribution is 2.22. The van der Waals surface area contributed by atoms with Crippen molar-refractivity contribution in [3.05, 3.63) is 42.2 Å². The topological polar surface area (TPSA) is 76.5 Å². The first-order valence-corrected chi connectivity index (χ1v) is 7.79. The third-order valence-corrected chi connectivity index (χ3v) is 4.02. The van der Waals surface area contributed by atoms with Gasteiger partial charge in [-0.2, -0.15) is 5.10 Å². The molecule has 3 amide bonds. The molecule has 2 aromatic rings. The highest BCUT2D eigenvalue weighted by atomic mass is 16.5. The van der Waals surface area contributed by atoms with Crippen molar-refractivity contribution >= 4 is 17.6 Å². The number of nitrogens with zero attached hydrogens (tertiary/aromatic N) is 3. The van der Waals surface area contributed by atoms with Gasteiger partial charge in [-0.1, -0.05) is 26.0 Å². The minimum atomic E-state index is -0.484. The Morgan fingerprint density at radius 3 is 2.54 bits per heavy atom. The Balaban J connectivity index is 1.75. The van der Waals surface area contributed by atoms with E-state index in [9.17, 15) is 9.59 Å². The molecule has 7 nitrogen and oxygen atoms in total. The van der Waals surface area contributed by atoms with Crippen molar-refractivity contribution < 1.29 is 14.3 Å². The number of amides is 3.